The Kier molecular flexibility index (Phi) is 5.78. The van der Waals surface area contributed by atoms with E-state index in [4.69, 9.17) is 0 Å². The van der Waals surface area contributed by atoms with Gasteiger partial charge in [0.2, 0.25) is 0 Å². The van der Waals surface area contributed by atoms with Gasteiger partial charge in [0.1, 0.15) is 0 Å². The Morgan fingerprint density at radius 3 is 2.14 bits per heavy atom. The smallest absolute Gasteiger partial charge is 0.00941 e. The Morgan fingerprint density at radius 2 is 1.57 bits per heavy atom. The molecule has 0 aliphatic heterocycles. The van der Waals surface area contributed by atoms with Crippen molar-refractivity contribution in [2.24, 2.45) is 0 Å². The van der Waals surface area contributed by atoms with Crippen LogP contribution in [-0.4, -0.2) is 0 Å². The first-order valence-electron chi connectivity index (χ1n) is 7.46. The standard InChI is InChI=1S/C21H22/c1-3-11-21(20-14-9-6-10-15-20)17-18(4-2)16-19-12-7-5-8-13-19/h3,5-10,12-17H,1,4,11H2,2H3/b18-16+,21-17+. The van der Waals surface area contributed by atoms with Crippen molar-refractivity contribution in [1.29, 1.82) is 0 Å². The summed E-state index contributed by atoms with van der Waals surface area (Å²) < 4.78 is 0. The molecule has 0 aliphatic rings. The van der Waals surface area contributed by atoms with Gasteiger partial charge in [0.05, 0.1) is 0 Å². The van der Waals surface area contributed by atoms with E-state index in [0.29, 0.717) is 0 Å². The molecule has 0 aliphatic carbocycles. The summed E-state index contributed by atoms with van der Waals surface area (Å²) in [6.07, 6.45) is 8.42. The van der Waals surface area contributed by atoms with Crippen molar-refractivity contribution in [3.63, 3.8) is 0 Å². The molecule has 21 heavy (non-hydrogen) atoms. The summed E-state index contributed by atoms with van der Waals surface area (Å²) in [6.45, 7) is 6.08. The van der Waals surface area contributed by atoms with Crippen LogP contribution in [0.15, 0.2) is 85.0 Å². The SMILES string of the molecule is C=CC/C(=C\C(=C\c1ccccc1)CC)c1ccccc1. The maximum absolute atomic E-state index is 3.88. The number of hydrogen-bond donors (Lipinski definition) is 0. The number of benzene rings is 2. The predicted molar refractivity (Wildman–Crippen MR) is 93.9 cm³/mol. The van der Waals surface area contributed by atoms with Gasteiger partial charge in [-0.05, 0) is 35.1 Å². The van der Waals surface area contributed by atoms with E-state index < -0.39 is 0 Å². The van der Waals surface area contributed by atoms with Crippen LogP contribution in [0.25, 0.3) is 11.6 Å². The van der Waals surface area contributed by atoms with E-state index >= 15 is 0 Å². The minimum absolute atomic E-state index is 0.885. The molecule has 2 aromatic rings. The van der Waals surface area contributed by atoms with Crippen molar-refractivity contribution in [2.75, 3.05) is 0 Å². The van der Waals surface area contributed by atoms with E-state index in [1.807, 2.05) is 12.1 Å². The van der Waals surface area contributed by atoms with E-state index in [1.54, 1.807) is 0 Å². The maximum atomic E-state index is 3.88. The highest BCUT2D eigenvalue weighted by Gasteiger charge is 2.01. The van der Waals surface area contributed by atoms with Gasteiger partial charge in [0, 0.05) is 0 Å². The molecule has 0 radical (unpaired) electrons. The molecule has 2 rings (SSSR count). The van der Waals surface area contributed by atoms with E-state index in [1.165, 1.54) is 22.3 Å². The van der Waals surface area contributed by atoms with Crippen LogP contribution in [0.4, 0.5) is 0 Å². The van der Waals surface area contributed by atoms with Gasteiger partial charge in [-0.3, -0.25) is 0 Å². The minimum Gasteiger partial charge on any atom is -0.103 e. The molecule has 0 spiro atoms. The summed E-state index contributed by atoms with van der Waals surface area (Å²) >= 11 is 0. The van der Waals surface area contributed by atoms with E-state index in [2.05, 4.69) is 80.3 Å². The van der Waals surface area contributed by atoms with Crippen molar-refractivity contribution < 1.29 is 0 Å². The molecule has 0 N–H and O–H groups in total. The molecule has 0 unspecified atom stereocenters. The zero-order chi connectivity index (χ0) is 14.9. The molecule has 0 heterocycles. The Labute approximate surface area is 128 Å². The molecule has 0 saturated carbocycles. The van der Waals surface area contributed by atoms with Crippen LogP contribution in [0.1, 0.15) is 30.9 Å². The van der Waals surface area contributed by atoms with Gasteiger partial charge in [-0.15, -0.1) is 6.58 Å². The molecule has 0 nitrogen and oxygen atoms in total. The van der Waals surface area contributed by atoms with Gasteiger partial charge < -0.3 is 0 Å². The third-order valence-electron chi connectivity index (χ3n) is 3.43. The van der Waals surface area contributed by atoms with Crippen LogP contribution in [0, 0.1) is 0 Å². The third kappa shape index (κ3) is 4.61. The van der Waals surface area contributed by atoms with Crippen LogP contribution in [-0.2, 0) is 0 Å². The summed E-state index contributed by atoms with van der Waals surface area (Å²) in [4.78, 5) is 0. The topological polar surface area (TPSA) is 0 Å². The lowest BCUT2D eigenvalue weighted by atomic mass is 9.98. The fourth-order valence-electron chi connectivity index (χ4n) is 2.30. The highest BCUT2D eigenvalue weighted by molar-refractivity contribution is 5.71. The highest BCUT2D eigenvalue weighted by Crippen LogP contribution is 2.22. The fraction of sp³-hybridized carbons (Fsp3) is 0.143. The Morgan fingerprint density at radius 1 is 0.952 bits per heavy atom. The van der Waals surface area contributed by atoms with Crippen LogP contribution in [0.3, 0.4) is 0 Å². The lowest BCUT2D eigenvalue weighted by molar-refractivity contribution is 1.16. The van der Waals surface area contributed by atoms with Gasteiger partial charge in [0.25, 0.3) is 0 Å². The molecule has 0 aromatic heterocycles. The average molecular weight is 274 g/mol. The molecule has 0 heteroatoms. The van der Waals surface area contributed by atoms with Crippen LogP contribution >= 0.6 is 0 Å². The largest absolute Gasteiger partial charge is 0.103 e. The van der Waals surface area contributed by atoms with Gasteiger partial charge >= 0.3 is 0 Å². The maximum Gasteiger partial charge on any atom is -0.00941 e. The Balaban J connectivity index is 2.35. The van der Waals surface area contributed by atoms with Gasteiger partial charge in [-0.1, -0.05) is 85.8 Å². The summed E-state index contributed by atoms with van der Waals surface area (Å²) in [5, 5.41) is 0. The summed E-state index contributed by atoms with van der Waals surface area (Å²) in [6, 6.07) is 21.0. The van der Waals surface area contributed by atoms with E-state index in [9.17, 15) is 0 Å². The fourth-order valence-corrected chi connectivity index (χ4v) is 2.30. The zero-order valence-electron chi connectivity index (χ0n) is 12.6. The molecular weight excluding hydrogens is 252 g/mol. The Hall–Kier alpha value is -2.34. The molecule has 2 aromatic carbocycles. The number of rotatable bonds is 6. The second kappa shape index (κ2) is 8.06. The van der Waals surface area contributed by atoms with Crippen LogP contribution in [0.2, 0.25) is 0 Å². The average Bonchev–Trinajstić information content (AvgIpc) is 2.55. The van der Waals surface area contributed by atoms with Crippen molar-refractivity contribution in [1.82, 2.24) is 0 Å². The molecule has 0 saturated heterocycles. The van der Waals surface area contributed by atoms with E-state index in [0.717, 1.165) is 12.8 Å². The van der Waals surface area contributed by atoms with Crippen molar-refractivity contribution >= 4 is 11.6 Å². The monoisotopic (exact) mass is 274 g/mol. The van der Waals surface area contributed by atoms with Gasteiger partial charge in [0.15, 0.2) is 0 Å². The quantitative estimate of drug-likeness (QED) is 0.438. The molecule has 106 valence electrons. The lowest BCUT2D eigenvalue weighted by Gasteiger charge is -2.07. The number of allylic oxidation sites excluding steroid dienone is 4. The normalized spacial score (nSPS) is 12.2. The second-order valence-corrected chi connectivity index (χ2v) is 5.01. The summed E-state index contributed by atoms with van der Waals surface area (Å²) in [5.74, 6) is 0. The first-order chi connectivity index (χ1) is 10.3. The minimum atomic E-state index is 0.885. The predicted octanol–water partition coefficient (Wildman–Crippen LogP) is 6.14. The molecule has 0 amide bonds. The first kappa shape index (κ1) is 15.1. The number of hydrogen-bond acceptors (Lipinski definition) is 0. The zero-order valence-corrected chi connectivity index (χ0v) is 12.6. The molecule has 0 atom stereocenters. The van der Waals surface area contributed by atoms with Crippen molar-refractivity contribution in [3.8, 4) is 0 Å². The summed E-state index contributed by atoms with van der Waals surface area (Å²) in [5.41, 5.74) is 5.16. The third-order valence-corrected chi connectivity index (χ3v) is 3.43. The Bertz CT molecular complexity index is 616. The van der Waals surface area contributed by atoms with Crippen LogP contribution in [0.5, 0.6) is 0 Å². The van der Waals surface area contributed by atoms with Gasteiger partial charge in [-0.25, -0.2) is 0 Å². The van der Waals surface area contributed by atoms with E-state index in [-0.39, 0.29) is 0 Å². The first-order valence-corrected chi connectivity index (χ1v) is 7.46. The van der Waals surface area contributed by atoms with Crippen molar-refractivity contribution in [2.45, 2.75) is 19.8 Å². The second-order valence-electron chi connectivity index (χ2n) is 5.01. The highest BCUT2D eigenvalue weighted by atomic mass is 14.1. The van der Waals surface area contributed by atoms with Crippen molar-refractivity contribution in [3.05, 3.63) is 96.1 Å². The summed E-state index contributed by atoms with van der Waals surface area (Å²) in [7, 11) is 0. The molecule has 0 bridgehead atoms. The van der Waals surface area contributed by atoms with Gasteiger partial charge in [-0.2, -0.15) is 0 Å². The molecule has 0 fully saturated rings. The molecular formula is C21H22. The van der Waals surface area contributed by atoms with Crippen LogP contribution < -0.4 is 0 Å². The lowest BCUT2D eigenvalue weighted by Crippen LogP contribution is -1.86.